The molecule has 112 valence electrons. The van der Waals surface area contributed by atoms with Gasteiger partial charge >= 0.3 is 5.63 Å². The molecule has 1 aromatic carbocycles. The number of rotatable bonds is 6. The van der Waals surface area contributed by atoms with Crippen LogP contribution in [0, 0.1) is 0 Å². The van der Waals surface area contributed by atoms with Crippen molar-refractivity contribution in [1.82, 2.24) is 0 Å². The highest BCUT2D eigenvalue weighted by molar-refractivity contribution is 5.86. The normalized spacial score (nSPS) is 12.0. The molecule has 1 heterocycles. The van der Waals surface area contributed by atoms with Crippen molar-refractivity contribution in [2.45, 2.75) is 19.8 Å². The predicted octanol–water partition coefficient (Wildman–Crippen LogP) is 2.61. The van der Waals surface area contributed by atoms with Gasteiger partial charge in [-0.3, -0.25) is 0 Å². The molecule has 0 saturated carbocycles. The number of para-hydroxylation sites is 1. The fourth-order valence-electron chi connectivity index (χ4n) is 2.06. The second-order valence-electron chi connectivity index (χ2n) is 4.67. The van der Waals surface area contributed by atoms with Gasteiger partial charge in [0.15, 0.2) is 0 Å². The van der Waals surface area contributed by atoms with E-state index >= 15 is 0 Å². The second-order valence-corrected chi connectivity index (χ2v) is 4.67. The van der Waals surface area contributed by atoms with Gasteiger partial charge in [-0.05, 0) is 38.0 Å². The van der Waals surface area contributed by atoms with Gasteiger partial charge in [0, 0.05) is 18.9 Å². The number of ether oxygens (including phenoxy) is 1. The smallest absolute Gasteiger partial charge is 0.347 e. The first kappa shape index (κ1) is 15.1. The predicted molar refractivity (Wildman–Crippen MR) is 82.0 cm³/mol. The Morgan fingerprint density at radius 1 is 1.43 bits per heavy atom. The molecule has 0 aliphatic rings. The van der Waals surface area contributed by atoms with Gasteiger partial charge in [-0.15, -0.1) is 0 Å². The fourth-order valence-corrected chi connectivity index (χ4v) is 2.06. The first-order valence-corrected chi connectivity index (χ1v) is 6.92. The average molecular weight is 289 g/mol. The molecule has 0 atom stereocenters. The van der Waals surface area contributed by atoms with E-state index in [-0.39, 0.29) is 11.3 Å². The van der Waals surface area contributed by atoms with Gasteiger partial charge in [-0.2, -0.15) is 0 Å². The summed E-state index contributed by atoms with van der Waals surface area (Å²) < 4.78 is 10.4. The summed E-state index contributed by atoms with van der Waals surface area (Å²) in [7, 11) is 0. The Hall–Kier alpha value is -2.27. The Labute approximate surface area is 122 Å². The molecule has 2 rings (SSSR count). The van der Waals surface area contributed by atoms with Gasteiger partial charge in [0.25, 0.3) is 0 Å². The van der Waals surface area contributed by atoms with E-state index in [0.29, 0.717) is 36.3 Å². The van der Waals surface area contributed by atoms with Crippen LogP contribution in [0.5, 0.6) is 5.75 Å². The fraction of sp³-hybridized carbons (Fsp3) is 0.312. The highest BCUT2D eigenvalue weighted by atomic mass is 16.5. The number of fused-ring (bicyclic) bond motifs is 1. The highest BCUT2D eigenvalue weighted by Crippen LogP contribution is 2.27. The van der Waals surface area contributed by atoms with E-state index in [2.05, 4.69) is 0 Å². The van der Waals surface area contributed by atoms with Crippen LogP contribution in [0.1, 0.15) is 25.3 Å². The Morgan fingerprint density at radius 2 is 2.19 bits per heavy atom. The van der Waals surface area contributed by atoms with Crippen LogP contribution in [0.2, 0.25) is 0 Å². The third-order valence-corrected chi connectivity index (χ3v) is 3.11. The molecule has 5 heteroatoms. The van der Waals surface area contributed by atoms with E-state index in [1.807, 2.05) is 6.92 Å². The average Bonchev–Trinajstić information content (AvgIpc) is 2.48. The molecule has 21 heavy (non-hydrogen) atoms. The van der Waals surface area contributed by atoms with Crippen molar-refractivity contribution in [3.63, 3.8) is 0 Å². The van der Waals surface area contributed by atoms with Crippen molar-refractivity contribution >= 4 is 17.0 Å². The summed E-state index contributed by atoms with van der Waals surface area (Å²) in [6.07, 6.45) is 2.82. The lowest BCUT2D eigenvalue weighted by Gasteiger charge is -2.05. The Morgan fingerprint density at radius 3 is 2.95 bits per heavy atom. The molecule has 0 amide bonds. The van der Waals surface area contributed by atoms with Gasteiger partial charge in [0.1, 0.15) is 16.9 Å². The maximum absolute atomic E-state index is 11.9. The molecular formula is C16H19NO4. The highest BCUT2D eigenvalue weighted by Gasteiger charge is 2.11. The molecule has 2 aromatic rings. The van der Waals surface area contributed by atoms with Crippen LogP contribution in [0.15, 0.2) is 39.2 Å². The molecule has 1 aromatic heterocycles. The minimum absolute atomic E-state index is 0.0857. The Bertz CT molecular complexity index is 703. The third-order valence-electron chi connectivity index (χ3n) is 3.11. The van der Waals surface area contributed by atoms with Gasteiger partial charge < -0.3 is 20.0 Å². The van der Waals surface area contributed by atoms with Gasteiger partial charge in [0.2, 0.25) is 0 Å². The van der Waals surface area contributed by atoms with E-state index in [1.165, 1.54) is 6.08 Å². The molecule has 0 saturated heterocycles. The number of aromatic hydroxyl groups is 1. The zero-order valence-corrected chi connectivity index (χ0v) is 12.0. The van der Waals surface area contributed by atoms with Crippen molar-refractivity contribution in [2.24, 2.45) is 5.73 Å². The number of benzene rings is 1. The Kier molecular flexibility index (Phi) is 5.00. The van der Waals surface area contributed by atoms with Crippen molar-refractivity contribution in [1.29, 1.82) is 0 Å². The zero-order valence-electron chi connectivity index (χ0n) is 12.0. The molecule has 3 N–H and O–H groups in total. The minimum atomic E-state index is -0.598. The van der Waals surface area contributed by atoms with E-state index in [1.54, 1.807) is 24.3 Å². The van der Waals surface area contributed by atoms with Crippen LogP contribution < -0.4 is 11.4 Å². The SMILES string of the molecule is CCOCCC/C(N)=C/c1c(O)c2ccccc2oc1=O. The quantitative estimate of drug-likeness (QED) is 0.630. The van der Waals surface area contributed by atoms with Gasteiger partial charge in [-0.25, -0.2) is 4.79 Å². The topological polar surface area (TPSA) is 85.7 Å². The standard InChI is InChI=1S/C16H19NO4/c1-2-20-9-5-6-11(17)10-13-15(18)12-7-3-4-8-14(12)21-16(13)19/h3-4,7-8,10,18H,2,5-6,9,17H2,1H3/b11-10-. The summed E-state index contributed by atoms with van der Waals surface area (Å²) in [6.45, 7) is 3.21. The van der Waals surface area contributed by atoms with Crippen LogP contribution in [-0.2, 0) is 4.74 Å². The molecule has 0 fully saturated rings. The molecule has 0 aliphatic carbocycles. The van der Waals surface area contributed by atoms with Gasteiger partial charge in [-0.1, -0.05) is 12.1 Å². The van der Waals surface area contributed by atoms with Crippen LogP contribution in [0.25, 0.3) is 17.0 Å². The summed E-state index contributed by atoms with van der Waals surface area (Å²) in [5.74, 6) is -0.102. The largest absolute Gasteiger partial charge is 0.506 e. The second kappa shape index (κ2) is 6.95. The molecule has 0 bridgehead atoms. The molecule has 0 aliphatic heterocycles. The third kappa shape index (κ3) is 3.64. The molecule has 0 unspecified atom stereocenters. The lowest BCUT2D eigenvalue weighted by molar-refractivity contribution is 0.145. The van der Waals surface area contributed by atoms with Crippen LogP contribution >= 0.6 is 0 Å². The summed E-state index contributed by atoms with van der Waals surface area (Å²) in [6, 6.07) is 6.83. The number of nitrogens with two attached hydrogens (primary N) is 1. The summed E-state index contributed by atoms with van der Waals surface area (Å²) in [5, 5.41) is 10.7. The lowest BCUT2D eigenvalue weighted by atomic mass is 10.1. The van der Waals surface area contributed by atoms with Crippen molar-refractivity contribution < 1.29 is 14.3 Å². The maximum atomic E-state index is 11.9. The van der Waals surface area contributed by atoms with Crippen molar-refractivity contribution in [3.8, 4) is 5.75 Å². The van der Waals surface area contributed by atoms with E-state index in [4.69, 9.17) is 14.9 Å². The van der Waals surface area contributed by atoms with Crippen molar-refractivity contribution in [2.75, 3.05) is 13.2 Å². The first-order valence-electron chi connectivity index (χ1n) is 6.92. The number of allylic oxidation sites excluding steroid dienone is 1. The molecule has 5 nitrogen and oxygen atoms in total. The van der Waals surface area contributed by atoms with Crippen LogP contribution in [0.3, 0.4) is 0 Å². The molecule has 0 spiro atoms. The molecular weight excluding hydrogens is 270 g/mol. The van der Waals surface area contributed by atoms with E-state index in [0.717, 1.165) is 6.42 Å². The summed E-state index contributed by atoms with van der Waals surface area (Å²) in [4.78, 5) is 11.9. The van der Waals surface area contributed by atoms with Gasteiger partial charge in [0.05, 0.1) is 5.39 Å². The van der Waals surface area contributed by atoms with Crippen LogP contribution in [-0.4, -0.2) is 18.3 Å². The minimum Gasteiger partial charge on any atom is -0.506 e. The monoisotopic (exact) mass is 289 g/mol. The lowest BCUT2D eigenvalue weighted by Crippen LogP contribution is -2.07. The zero-order chi connectivity index (χ0) is 15.2. The maximum Gasteiger partial charge on any atom is 0.347 e. The summed E-state index contributed by atoms with van der Waals surface area (Å²) in [5.41, 5.74) is 6.23. The molecule has 0 radical (unpaired) electrons. The Balaban J connectivity index is 2.27. The number of hydrogen-bond donors (Lipinski definition) is 2. The number of hydrogen-bond acceptors (Lipinski definition) is 5. The van der Waals surface area contributed by atoms with Crippen molar-refractivity contribution in [3.05, 3.63) is 45.9 Å². The summed E-state index contributed by atoms with van der Waals surface area (Å²) >= 11 is 0. The van der Waals surface area contributed by atoms with Crippen LogP contribution in [0.4, 0.5) is 0 Å². The van der Waals surface area contributed by atoms with E-state index in [9.17, 15) is 9.90 Å². The first-order chi connectivity index (χ1) is 10.1. The van der Waals surface area contributed by atoms with E-state index < -0.39 is 5.63 Å².